The molecular formula is C20H20F3NO5S. The van der Waals surface area contributed by atoms with Crippen molar-refractivity contribution in [2.45, 2.75) is 24.1 Å². The lowest BCUT2D eigenvalue weighted by Crippen LogP contribution is -2.32. The number of thioether (sulfide) groups is 1. The molecule has 0 bridgehead atoms. The van der Waals surface area contributed by atoms with Crippen LogP contribution in [-0.2, 0) is 16.0 Å². The Bertz CT molecular complexity index is 828. The van der Waals surface area contributed by atoms with Crippen LogP contribution in [0.5, 0.6) is 11.5 Å². The molecule has 10 heteroatoms. The summed E-state index contributed by atoms with van der Waals surface area (Å²) in [4.78, 5) is 22.2. The van der Waals surface area contributed by atoms with E-state index < -0.39 is 17.7 Å². The summed E-state index contributed by atoms with van der Waals surface area (Å²) in [5.41, 5.74) is 1.24. The number of amides is 2. The standard InChI is InChI=1S/C20H20F3NO5S/c1-30-18(19(27)24-12-25)10-13-2-6-15(7-3-13)28-11-17(26)14-4-8-16(9-5-14)29-20(21,22)23/h2-9,12,17-18,26H,10-11H2,1H3,(H,24,25,27). The van der Waals surface area contributed by atoms with E-state index in [0.29, 0.717) is 24.1 Å². The van der Waals surface area contributed by atoms with Gasteiger partial charge in [0.15, 0.2) is 0 Å². The minimum Gasteiger partial charge on any atom is -0.491 e. The Labute approximate surface area is 175 Å². The molecule has 2 rings (SSSR count). The van der Waals surface area contributed by atoms with Gasteiger partial charge in [-0.1, -0.05) is 24.3 Å². The molecule has 2 atom stereocenters. The van der Waals surface area contributed by atoms with E-state index in [4.69, 9.17) is 4.74 Å². The van der Waals surface area contributed by atoms with Crippen LogP contribution in [0.3, 0.4) is 0 Å². The number of aliphatic hydroxyl groups is 1. The number of aliphatic hydroxyl groups excluding tert-OH is 1. The van der Waals surface area contributed by atoms with Crippen molar-refractivity contribution in [1.82, 2.24) is 5.32 Å². The van der Waals surface area contributed by atoms with Crippen molar-refractivity contribution in [2.75, 3.05) is 12.9 Å². The third-order valence-electron chi connectivity index (χ3n) is 4.03. The molecule has 0 aliphatic heterocycles. The lowest BCUT2D eigenvalue weighted by molar-refractivity contribution is -0.274. The fourth-order valence-electron chi connectivity index (χ4n) is 2.53. The molecule has 0 aliphatic carbocycles. The van der Waals surface area contributed by atoms with Gasteiger partial charge in [0, 0.05) is 0 Å². The van der Waals surface area contributed by atoms with Crippen LogP contribution in [0.2, 0.25) is 0 Å². The zero-order valence-corrected chi connectivity index (χ0v) is 16.7. The Hall–Kier alpha value is -2.72. The van der Waals surface area contributed by atoms with Crippen molar-refractivity contribution in [2.24, 2.45) is 0 Å². The zero-order valence-electron chi connectivity index (χ0n) is 15.9. The van der Waals surface area contributed by atoms with E-state index in [1.807, 2.05) is 0 Å². The Balaban J connectivity index is 1.88. The van der Waals surface area contributed by atoms with Crippen LogP contribution >= 0.6 is 11.8 Å². The average Bonchev–Trinajstić information content (AvgIpc) is 2.70. The van der Waals surface area contributed by atoms with Crippen molar-refractivity contribution in [3.05, 3.63) is 59.7 Å². The van der Waals surface area contributed by atoms with E-state index in [2.05, 4.69) is 10.1 Å². The number of imide groups is 1. The third-order valence-corrected chi connectivity index (χ3v) is 4.98. The molecule has 2 unspecified atom stereocenters. The topological polar surface area (TPSA) is 84.9 Å². The van der Waals surface area contributed by atoms with Gasteiger partial charge in [0.25, 0.3) is 0 Å². The Kier molecular flexibility index (Phi) is 8.55. The fraction of sp³-hybridized carbons (Fsp3) is 0.300. The van der Waals surface area contributed by atoms with Crippen molar-refractivity contribution >= 4 is 24.1 Å². The maximum absolute atomic E-state index is 12.2. The molecule has 2 aromatic carbocycles. The number of carbonyl (C=O) groups is 2. The Morgan fingerprint density at radius 1 is 1.13 bits per heavy atom. The predicted molar refractivity (Wildman–Crippen MR) is 105 cm³/mol. The van der Waals surface area contributed by atoms with E-state index in [1.165, 1.54) is 23.9 Å². The average molecular weight is 443 g/mol. The number of hydrogen-bond acceptors (Lipinski definition) is 6. The molecule has 6 nitrogen and oxygen atoms in total. The van der Waals surface area contributed by atoms with E-state index in [1.54, 1.807) is 30.5 Å². The first-order valence-electron chi connectivity index (χ1n) is 8.74. The predicted octanol–water partition coefficient (Wildman–Crippen LogP) is 3.24. The minimum atomic E-state index is -4.77. The van der Waals surface area contributed by atoms with Gasteiger partial charge in [-0.15, -0.1) is 13.2 Å². The molecule has 0 aromatic heterocycles. The molecule has 0 saturated carbocycles. The minimum absolute atomic E-state index is 0.103. The van der Waals surface area contributed by atoms with E-state index in [0.717, 1.165) is 17.7 Å². The number of alkyl halides is 3. The van der Waals surface area contributed by atoms with Gasteiger partial charge < -0.3 is 14.6 Å². The lowest BCUT2D eigenvalue weighted by atomic mass is 10.1. The smallest absolute Gasteiger partial charge is 0.491 e. The van der Waals surface area contributed by atoms with Gasteiger partial charge in [0.2, 0.25) is 12.3 Å². The number of hydrogen-bond donors (Lipinski definition) is 2. The molecule has 2 N–H and O–H groups in total. The molecule has 30 heavy (non-hydrogen) atoms. The third kappa shape index (κ3) is 7.60. The van der Waals surface area contributed by atoms with Crippen molar-refractivity contribution < 1.29 is 37.3 Å². The second-order valence-corrected chi connectivity index (χ2v) is 7.18. The van der Waals surface area contributed by atoms with Crippen LogP contribution in [0.1, 0.15) is 17.2 Å². The summed E-state index contributed by atoms with van der Waals surface area (Å²) in [5.74, 6) is -0.263. The van der Waals surface area contributed by atoms with Gasteiger partial charge in [0.1, 0.15) is 24.2 Å². The monoisotopic (exact) mass is 443 g/mol. The maximum Gasteiger partial charge on any atom is 0.573 e. The molecule has 0 spiro atoms. The van der Waals surface area contributed by atoms with E-state index in [-0.39, 0.29) is 18.3 Å². The normalized spacial score (nSPS) is 13.2. The summed E-state index contributed by atoms with van der Waals surface area (Å²) >= 11 is 1.33. The highest BCUT2D eigenvalue weighted by atomic mass is 32.2. The summed E-state index contributed by atoms with van der Waals surface area (Å²) < 4.78 is 45.8. The SMILES string of the molecule is CSC(Cc1ccc(OCC(O)c2ccc(OC(F)(F)F)cc2)cc1)C(=O)NC=O. The first-order chi connectivity index (χ1) is 14.2. The van der Waals surface area contributed by atoms with Gasteiger partial charge in [-0.3, -0.25) is 14.9 Å². The van der Waals surface area contributed by atoms with Crippen LogP contribution in [0.25, 0.3) is 0 Å². The zero-order chi connectivity index (χ0) is 22.1. The number of benzene rings is 2. The van der Waals surface area contributed by atoms with E-state index >= 15 is 0 Å². The van der Waals surface area contributed by atoms with Gasteiger partial charge in [-0.05, 0) is 48.1 Å². The molecule has 2 aromatic rings. The van der Waals surface area contributed by atoms with Gasteiger partial charge in [0.05, 0.1) is 5.25 Å². The highest BCUT2D eigenvalue weighted by Gasteiger charge is 2.31. The summed E-state index contributed by atoms with van der Waals surface area (Å²) in [7, 11) is 0. The number of nitrogens with one attached hydrogen (secondary N) is 1. The van der Waals surface area contributed by atoms with E-state index in [9.17, 15) is 27.9 Å². The highest BCUT2D eigenvalue weighted by molar-refractivity contribution is 7.99. The maximum atomic E-state index is 12.2. The molecule has 0 aliphatic rings. The largest absolute Gasteiger partial charge is 0.573 e. The molecule has 2 amide bonds. The number of halogens is 3. The van der Waals surface area contributed by atoms with Gasteiger partial charge in [-0.25, -0.2) is 0 Å². The second kappa shape index (κ2) is 10.9. The number of carbonyl (C=O) groups excluding carboxylic acids is 2. The fourth-order valence-corrected chi connectivity index (χ4v) is 3.17. The molecule has 0 heterocycles. The Morgan fingerprint density at radius 3 is 2.27 bits per heavy atom. The number of rotatable bonds is 10. The highest BCUT2D eigenvalue weighted by Crippen LogP contribution is 2.25. The summed E-state index contributed by atoms with van der Waals surface area (Å²) in [6.07, 6.45) is -3.27. The summed E-state index contributed by atoms with van der Waals surface area (Å²) in [5, 5.41) is 11.9. The van der Waals surface area contributed by atoms with Crippen molar-refractivity contribution in [3.8, 4) is 11.5 Å². The first-order valence-corrected chi connectivity index (χ1v) is 10.0. The van der Waals surface area contributed by atoms with Crippen molar-refractivity contribution in [1.29, 1.82) is 0 Å². The van der Waals surface area contributed by atoms with Gasteiger partial charge in [-0.2, -0.15) is 11.8 Å². The summed E-state index contributed by atoms with van der Waals surface area (Å²) in [6.45, 7) is -0.103. The van der Waals surface area contributed by atoms with Crippen LogP contribution in [0.4, 0.5) is 13.2 Å². The second-order valence-electron chi connectivity index (χ2n) is 6.14. The molecular weight excluding hydrogens is 423 g/mol. The lowest BCUT2D eigenvalue weighted by Gasteiger charge is -2.15. The molecule has 0 saturated heterocycles. The van der Waals surface area contributed by atoms with Crippen molar-refractivity contribution in [3.63, 3.8) is 0 Å². The van der Waals surface area contributed by atoms with Crippen LogP contribution in [0, 0.1) is 0 Å². The molecule has 0 radical (unpaired) electrons. The first kappa shape index (κ1) is 23.6. The van der Waals surface area contributed by atoms with Gasteiger partial charge >= 0.3 is 6.36 Å². The van der Waals surface area contributed by atoms with Crippen LogP contribution in [-0.4, -0.2) is 41.9 Å². The number of ether oxygens (including phenoxy) is 2. The Morgan fingerprint density at radius 2 is 1.73 bits per heavy atom. The quantitative estimate of drug-likeness (QED) is 0.549. The van der Waals surface area contributed by atoms with Crippen LogP contribution < -0.4 is 14.8 Å². The summed E-state index contributed by atoms with van der Waals surface area (Å²) in [6, 6.07) is 11.8. The van der Waals surface area contributed by atoms with Crippen LogP contribution in [0.15, 0.2) is 48.5 Å². The molecule has 162 valence electrons. The molecule has 0 fully saturated rings.